The molecule has 0 aliphatic heterocycles. The van der Waals surface area contributed by atoms with E-state index in [1.54, 1.807) is 0 Å². The van der Waals surface area contributed by atoms with Gasteiger partial charge in [-0.1, -0.05) is 6.07 Å². The minimum Gasteiger partial charge on any atom is -0.478 e. The number of carbonyl (C=O) groups is 4. The molecule has 8 nitrogen and oxygen atoms in total. The van der Waals surface area contributed by atoms with Crippen LogP contribution in [0.4, 0.5) is 0 Å². The molecule has 0 saturated carbocycles. The van der Waals surface area contributed by atoms with E-state index in [0.29, 0.717) is 30.7 Å². The summed E-state index contributed by atoms with van der Waals surface area (Å²) in [4.78, 5) is 41.8. The van der Waals surface area contributed by atoms with Gasteiger partial charge in [0.1, 0.15) is 0 Å². The van der Waals surface area contributed by atoms with Crippen LogP contribution in [0.1, 0.15) is 41.4 Å². The molecule has 0 saturated heterocycles. The molecule has 2 aromatic rings. The van der Waals surface area contributed by atoms with Crippen LogP contribution in [-0.4, -0.2) is 72.2 Å². The first kappa shape index (κ1) is 20.4. The smallest absolute Gasteiger partial charge is 0.335 e. The van der Waals surface area contributed by atoms with Gasteiger partial charge in [-0.3, -0.25) is 0 Å². The maximum absolute atomic E-state index is 10.6. The number of rotatable bonds is 4. The molecule has 0 unspecified atom stereocenters. The Balaban J connectivity index is 0.000000251. The molecular weight excluding hydrogens is 343 g/mol. The second-order valence-corrected chi connectivity index (χ2v) is 5.91. The first-order valence-corrected chi connectivity index (χ1v) is 7.77. The Morgan fingerprint density at radius 2 is 1.08 bits per heavy atom. The summed E-state index contributed by atoms with van der Waals surface area (Å²) in [7, 11) is 0. The van der Waals surface area contributed by atoms with E-state index in [0.717, 1.165) is 6.07 Å². The molecule has 0 aromatic heterocycles. The summed E-state index contributed by atoms with van der Waals surface area (Å²) < 4.78 is 0.590. The van der Waals surface area contributed by atoms with Crippen LogP contribution in [0.25, 0.3) is 0 Å². The van der Waals surface area contributed by atoms with Crippen LogP contribution >= 0.6 is 0 Å². The third-order valence-electron chi connectivity index (χ3n) is 3.06. The summed E-state index contributed by atoms with van der Waals surface area (Å²) >= 11 is 0.524. The molecular formula is C16H11NaO8. The zero-order chi connectivity index (χ0) is 19.1. The second kappa shape index (κ2) is 8.97. The molecule has 0 atom stereocenters. The largest absolute Gasteiger partial charge is 0.478 e. The summed E-state index contributed by atoms with van der Waals surface area (Å²) in [6.07, 6.45) is 0. The van der Waals surface area contributed by atoms with Gasteiger partial charge in [-0.2, -0.15) is 0 Å². The summed E-state index contributed by atoms with van der Waals surface area (Å²) in [5.41, 5.74) is 0.288. The monoisotopic (exact) mass is 354 g/mol. The Morgan fingerprint density at radius 3 is 1.44 bits per heavy atom. The predicted molar refractivity (Wildman–Crippen MR) is 86.1 cm³/mol. The SMILES string of the molecule is O=C(O)c1ccc(C(=O)O)[c]([Na])c1.O=C(O)c1cccc(C(=O)O)c1. The molecule has 4 N–H and O–H groups in total. The van der Waals surface area contributed by atoms with Crippen LogP contribution in [-0.2, 0) is 0 Å². The summed E-state index contributed by atoms with van der Waals surface area (Å²) in [6, 6.07) is 9.22. The molecule has 0 aliphatic rings. The van der Waals surface area contributed by atoms with Gasteiger partial charge in [0.05, 0.1) is 11.1 Å². The zero-order valence-corrected chi connectivity index (χ0v) is 15.0. The Hall–Kier alpha value is -2.68. The number of benzene rings is 2. The van der Waals surface area contributed by atoms with Crippen molar-refractivity contribution < 1.29 is 39.6 Å². The molecule has 0 radical (unpaired) electrons. The van der Waals surface area contributed by atoms with Crippen LogP contribution in [0.15, 0.2) is 42.5 Å². The van der Waals surface area contributed by atoms with Crippen LogP contribution in [0, 0.1) is 0 Å². The van der Waals surface area contributed by atoms with Gasteiger partial charge in [-0.25, -0.2) is 9.59 Å². The van der Waals surface area contributed by atoms with Crippen LogP contribution in [0.5, 0.6) is 0 Å². The van der Waals surface area contributed by atoms with E-state index in [2.05, 4.69) is 0 Å². The van der Waals surface area contributed by atoms with Gasteiger partial charge in [0.2, 0.25) is 0 Å². The van der Waals surface area contributed by atoms with E-state index in [-0.39, 0.29) is 22.3 Å². The van der Waals surface area contributed by atoms with Crippen molar-refractivity contribution in [2.75, 3.05) is 0 Å². The number of hydrogen-bond acceptors (Lipinski definition) is 4. The summed E-state index contributed by atoms with van der Waals surface area (Å²) in [5, 5.41) is 34.3. The van der Waals surface area contributed by atoms with Crippen LogP contribution in [0.2, 0.25) is 0 Å². The fourth-order valence-corrected chi connectivity index (χ4v) is 2.51. The Morgan fingerprint density at radius 1 is 0.640 bits per heavy atom. The number of carboxylic acids is 4. The minimum atomic E-state index is -1.13. The topological polar surface area (TPSA) is 149 Å². The summed E-state index contributed by atoms with van der Waals surface area (Å²) in [6.45, 7) is 0. The van der Waals surface area contributed by atoms with Gasteiger partial charge in [0, 0.05) is 0 Å². The van der Waals surface area contributed by atoms with E-state index in [1.807, 2.05) is 0 Å². The van der Waals surface area contributed by atoms with Gasteiger partial charge in [-0.15, -0.1) is 0 Å². The van der Waals surface area contributed by atoms with Gasteiger partial charge in [0.25, 0.3) is 0 Å². The second-order valence-electron chi connectivity index (χ2n) is 4.83. The quantitative estimate of drug-likeness (QED) is 0.593. The van der Waals surface area contributed by atoms with Gasteiger partial charge in [0.15, 0.2) is 0 Å². The molecule has 0 spiro atoms. The maximum Gasteiger partial charge on any atom is 0.335 e. The Bertz CT molecular complexity index is 815. The first-order chi connectivity index (χ1) is 11.6. The van der Waals surface area contributed by atoms with E-state index in [1.165, 1.54) is 36.4 Å². The Labute approximate surface area is 158 Å². The normalized spacial score (nSPS) is 9.52. The fraction of sp³-hybridized carbons (Fsp3) is 0. The van der Waals surface area contributed by atoms with E-state index >= 15 is 0 Å². The predicted octanol–water partition coefficient (Wildman–Crippen LogP) is 0.960. The molecule has 2 rings (SSSR count). The molecule has 0 bridgehead atoms. The molecule has 0 aliphatic carbocycles. The van der Waals surface area contributed by atoms with Crippen molar-refractivity contribution in [3.63, 3.8) is 0 Å². The van der Waals surface area contributed by atoms with Gasteiger partial charge >= 0.3 is 104 Å². The first-order valence-electron chi connectivity index (χ1n) is 6.77. The van der Waals surface area contributed by atoms with Gasteiger partial charge in [-0.05, 0) is 18.2 Å². The summed E-state index contributed by atoms with van der Waals surface area (Å²) in [5.74, 6) is -4.30. The Kier molecular flexibility index (Phi) is 7.31. The molecule has 124 valence electrons. The molecule has 0 amide bonds. The standard InChI is InChI=1S/C8H5O4.C8H6O4.Na/c9-7(10)5-1-2-6(4-3-5)8(11)12;9-7(10)5-2-1-3-6(4-5)8(11)12;/h1-3H,(H,9,10)(H,11,12);1-4H,(H,9,10)(H,11,12);. The van der Waals surface area contributed by atoms with Crippen molar-refractivity contribution in [2.24, 2.45) is 0 Å². The van der Waals surface area contributed by atoms with E-state index < -0.39 is 23.9 Å². The average molecular weight is 354 g/mol. The maximum atomic E-state index is 10.6. The third kappa shape index (κ3) is 6.03. The molecule has 0 heterocycles. The fourth-order valence-electron chi connectivity index (χ4n) is 1.82. The van der Waals surface area contributed by atoms with Crippen LogP contribution in [0.3, 0.4) is 0 Å². The van der Waals surface area contributed by atoms with Crippen molar-refractivity contribution in [1.82, 2.24) is 0 Å². The van der Waals surface area contributed by atoms with Crippen molar-refractivity contribution in [3.8, 4) is 0 Å². The zero-order valence-electron chi connectivity index (χ0n) is 13.0. The van der Waals surface area contributed by atoms with Gasteiger partial charge < -0.3 is 10.2 Å². The number of aromatic carboxylic acids is 4. The van der Waals surface area contributed by atoms with Crippen LogP contribution < -0.4 is 2.81 Å². The van der Waals surface area contributed by atoms with Crippen molar-refractivity contribution >= 4 is 54.6 Å². The van der Waals surface area contributed by atoms with E-state index in [4.69, 9.17) is 20.4 Å². The molecule has 25 heavy (non-hydrogen) atoms. The third-order valence-corrected chi connectivity index (χ3v) is 3.89. The minimum absolute atomic E-state index is 0.0186. The molecule has 9 heteroatoms. The number of hydrogen-bond donors (Lipinski definition) is 4. The molecule has 2 aromatic carbocycles. The van der Waals surface area contributed by atoms with Crippen molar-refractivity contribution in [1.29, 1.82) is 0 Å². The molecule has 0 fully saturated rings. The average Bonchev–Trinajstić information content (AvgIpc) is 2.55. The number of carboxylic acid groups (broad SMARTS) is 4. The van der Waals surface area contributed by atoms with Crippen molar-refractivity contribution in [2.45, 2.75) is 0 Å². The van der Waals surface area contributed by atoms with E-state index in [9.17, 15) is 19.2 Å². The van der Waals surface area contributed by atoms with Crippen molar-refractivity contribution in [3.05, 3.63) is 64.7 Å².